The van der Waals surface area contributed by atoms with Gasteiger partial charge in [-0.25, -0.2) is 0 Å². The van der Waals surface area contributed by atoms with Crippen LogP contribution < -0.4 is 0 Å². The van der Waals surface area contributed by atoms with E-state index < -0.39 is 6.10 Å². The van der Waals surface area contributed by atoms with Crippen molar-refractivity contribution in [3.63, 3.8) is 0 Å². The maximum atomic E-state index is 9.51. The van der Waals surface area contributed by atoms with Gasteiger partial charge in [0.15, 0.2) is 0 Å². The van der Waals surface area contributed by atoms with Gasteiger partial charge in [0, 0.05) is 7.11 Å². The molecule has 0 saturated heterocycles. The summed E-state index contributed by atoms with van der Waals surface area (Å²) in [4.78, 5) is 0. The highest BCUT2D eigenvalue weighted by Gasteiger charge is 2.16. The minimum Gasteiger partial charge on any atom is -0.388 e. The molecule has 12 heavy (non-hydrogen) atoms. The molecule has 1 N–H and O–H groups in total. The molecule has 3 heteroatoms. The van der Waals surface area contributed by atoms with E-state index in [1.54, 1.807) is 7.11 Å². The summed E-state index contributed by atoms with van der Waals surface area (Å²) in [6.07, 6.45) is 0.347. The van der Waals surface area contributed by atoms with Crippen molar-refractivity contribution in [2.75, 3.05) is 13.7 Å². The van der Waals surface area contributed by atoms with Gasteiger partial charge in [-0.3, -0.25) is 0 Å². The molecule has 0 amide bonds. The van der Waals surface area contributed by atoms with Crippen molar-refractivity contribution in [3.05, 3.63) is 0 Å². The Morgan fingerprint density at radius 2 is 1.92 bits per heavy atom. The van der Waals surface area contributed by atoms with E-state index in [2.05, 4.69) is 0 Å². The van der Waals surface area contributed by atoms with Crippen molar-refractivity contribution >= 4 is 0 Å². The topological polar surface area (TPSA) is 38.7 Å². The SMILES string of the molecule is CCC(OC)C(O)COC(C)C. The molecule has 0 heterocycles. The van der Waals surface area contributed by atoms with Crippen LogP contribution in [0.1, 0.15) is 27.2 Å². The van der Waals surface area contributed by atoms with E-state index in [1.807, 2.05) is 20.8 Å². The highest BCUT2D eigenvalue weighted by atomic mass is 16.5. The van der Waals surface area contributed by atoms with Gasteiger partial charge in [0.25, 0.3) is 0 Å². The fourth-order valence-corrected chi connectivity index (χ4v) is 0.994. The average Bonchev–Trinajstić information content (AvgIpc) is 2.03. The minimum atomic E-state index is -0.512. The first kappa shape index (κ1) is 11.9. The summed E-state index contributed by atoms with van der Waals surface area (Å²) in [6.45, 7) is 6.22. The summed E-state index contributed by atoms with van der Waals surface area (Å²) in [7, 11) is 1.60. The summed E-state index contributed by atoms with van der Waals surface area (Å²) in [5.41, 5.74) is 0. The quantitative estimate of drug-likeness (QED) is 0.661. The molecule has 0 bridgehead atoms. The average molecular weight is 176 g/mol. The second-order valence-electron chi connectivity index (χ2n) is 3.13. The fourth-order valence-electron chi connectivity index (χ4n) is 0.994. The van der Waals surface area contributed by atoms with Crippen molar-refractivity contribution < 1.29 is 14.6 Å². The van der Waals surface area contributed by atoms with Crippen LogP contribution in [0.25, 0.3) is 0 Å². The molecule has 2 atom stereocenters. The second-order valence-corrected chi connectivity index (χ2v) is 3.13. The Hall–Kier alpha value is -0.120. The van der Waals surface area contributed by atoms with Crippen LogP contribution in [-0.2, 0) is 9.47 Å². The van der Waals surface area contributed by atoms with Crippen LogP contribution in [0.2, 0.25) is 0 Å². The van der Waals surface area contributed by atoms with E-state index in [-0.39, 0.29) is 12.2 Å². The molecule has 0 aromatic heterocycles. The second kappa shape index (κ2) is 6.40. The first-order valence-electron chi connectivity index (χ1n) is 4.44. The summed E-state index contributed by atoms with van der Waals surface area (Å²) in [5, 5.41) is 9.51. The van der Waals surface area contributed by atoms with Gasteiger partial charge in [-0.2, -0.15) is 0 Å². The van der Waals surface area contributed by atoms with Crippen LogP contribution in [0.15, 0.2) is 0 Å². The Balaban J connectivity index is 3.61. The highest BCUT2D eigenvalue weighted by molar-refractivity contribution is 4.66. The molecule has 0 aliphatic rings. The van der Waals surface area contributed by atoms with Crippen molar-refractivity contribution in [3.8, 4) is 0 Å². The number of rotatable bonds is 6. The van der Waals surface area contributed by atoms with Gasteiger partial charge >= 0.3 is 0 Å². The lowest BCUT2D eigenvalue weighted by atomic mass is 10.1. The predicted molar refractivity (Wildman–Crippen MR) is 48.2 cm³/mol. The number of methoxy groups -OCH3 is 1. The van der Waals surface area contributed by atoms with E-state index in [0.29, 0.717) is 6.61 Å². The van der Waals surface area contributed by atoms with Crippen molar-refractivity contribution in [1.29, 1.82) is 0 Å². The summed E-state index contributed by atoms with van der Waals surface area (Å²) in [6, 6.07) is 0. The van der Waals surface area contributed by atoms with Gasteiger partial charge in [0.1, 0.15) is 6.10 Å². The Labute approximate surface area is 74.7 Å². The molecule has 0 aromatic carbocycles. The van der Waals surface area contributed by atoms with Gasteiger partial charge in [-0.15, -0.1) is 0 Å². The molecule has 0 aliphatic heterocycles. The molecule has 2 unspecified atom stereocenters. The lowest BCUT2D eigenvalue weighted by Crippen LogP contribution is -2.32. The summed E-state index contributed by atoms with van der Waals surface area (Å²) in [5.74, 6) is 0. The maximum absolute atomic E-state index is 9.51. The van der Waals surface area contributed by atoms with E-state index in [4.69, 9.17) is 9.47 Å². The number of aliphatic hydroxyl groups excluding tert-OH is 1. The Bertz CT molecular complexity index is 99.9. The van der Waals surface area contributed by atoms with Crippen molar-refractivity contribution in [2.24, 2.45) is 0 Å². The molecule has 0 rings (SSSR count). The molecule has 74 valence electrons. The zero-order chi connectivity index (χ0) is 9.56. The minimum absolute atomic E-state index is 0.108. The van der Waals surface area contributed by atoms with Crippen LogP contribution >= 0.6 is 0 Å². The van der Waals surface area contributed by atoms with Gasteiger partial charge in [-0.1, -0.05) is 6.92 Å². The smallest absolute Gasteiger partial charge is 0.103 e. The third-order valence-corrected chi connectivity index (χ3v) is 1.73. The van der Waals surface area contributed by atoms with Crippen LogP contribution in [0, 0.1) is 0 Å². The first-order valence-corrected chi connectivity index (χ1v) is 4.44. The predicted octanol–water partition coefficient (Wildman–Crippen LogP) is 1.20. The maximum Gasteiger partial charge on any atom is 0.103 e. The number of hydrogen-bond donors (Lipinski definition) is 1. The van der Waals surface area contributed by atoms with E-state index in [0.717, 1.165) is 6.42 Å². The Kier molecular flexibility index (Phi) is 6.34. The monoisotopic (exact) mass is 176 g/mol. The van der Waals surface area contributed by atoms with Gasteiger partial charge < -0.3 is 14.6 Å². The lowest BCUT2D eigenvalue weighted by molar-refractivity contribution is -0.0685. The highest BCUT2D eigenvalue weighted by Crippen LogP contribution is 2.04. The summed E-state index contributed by atoms with van der Waals surface area (Å²) >= 11 is 0. The zero-order valence-electron chi connectivity index (χ0n) is 8.41. The molecule has 0 radical (unpaired) electrons. The third-order valence-electron chi connectivity index (χ3n) is 1.73. The molecule has 0 spiro atoms. The lowest BCUT2D eigenvalue weighted by Gasteiger charge is -2.20. The van der Waals surface area contributed by atoms with E-state index >= 15 is 0 Å². The summed E-state index contributed by atoms with van der Waals surface area (Å²) < 4.78 is 10.3. The van der Waals surface area contributed by atoms with Gasteiger partial charge in [0.2, 0.25) is 0 Å². The standard InChI is InChI=1S/C9H20O3/c1-5-9(11-4)8(10)6-12-7(2)3/h7-10H,5-6H2,1-4H3. The number of hydrogen-bond acceptors (Lipinski definition) is 3. The van der Waals surface area contributed by atoms with Crippen LogP contribution in [-0.4, -0.2) is 37.1 Å². The molecule has 0 aromatic rings. The van der Waals surface area contributed by atoms with Gasteiger partial charge in [-0.05, 0) is 20.3 Å². The molecule has 3 nitrogen and oxygen atoms in total. The number of ether oxygens (including phenoxy) is 2. The first-order chi connectivity index (χ1) is 5.61. The van der Waals surface area contributed by atoms with E-state index in [9.17, 15) is 5.11 Å². The number of aliphatic hydroxyl groups is 1. The molecule has 0 fully saturated rings. The Morgan fingerprint density at radius 1 is 1.33 bits per heavy atom. The van der Waals surface area contributed by atoms with Crippen LogP contribution in [0.3, 0.4) is 0 Å². The third kappa shape index (κ3) is 4.70. The molecular weight excluding hydrogens is 156 g/mol. The van der Waals surface area contributed by atoms with Crippen LogP contribution in [0.5, 0.6) is 0 Å². The van der Waals surface area contributed by atoms with E-state index in [1.165, 1.54) is 0 Å². The zero-order valence-corrected chi connectivity index (χ0v) is 8.41. The largest absolute Gasteiger partial charge is 0.388 e. The van der Waals surface area contributed by atoms with Gasteiger partial charge in [0.05, 0.1) is 18.8 Å². The van der Waals surface area contributed by atoms with Crippen molar-refractivity contribution in [1.82, 2.24) is 0 Å². The normalized spacial score (nSPS) is 16.5. The molecule has 0 aliphatic carbocycles. The molecule has 0 saturated carbocycles. The fraction of sp³-hybridized carbons (Fsp3) is 1.00. The Morgan fingerprint density at radius 3 is 2.25 bits per heavy atom. The van der Waals surface area contributed by atoms with Crippen LogP contribution in [0.4, 0.5) is 0 Å². The van der Waals surface area contributed by atoms with Crippen molar-refractivity contribution in [2.45, 2.75) is 45.5 Å². The molecular formula is C9H20O3.